The van der Waals surface area contributed by atoms with Gasteiger partial charge >= 0.3 is 6.03 Å². The van der Waals surface area contributed by atoms with Crippen LogP contribution in [0.5, 0.6) is 0 Å². The van der Waals surface area contributed by atoms with Crippen molar-refractivity contribution in [2.24, 2.45) is 5.92 Å². The van der Waals surface area contributed by atoms with E-state index >= 15 is 0 Å². The molecule has 2 N–H and O–H groups in total. The predicted octanol–water partition coefficient (Wildman–Crippen LogP) is 2.34. The number of likely N-dealkylation sites (tertiary alicyclic amines) is 2. The molecule has 25 heavy (non-hydrogen) atoms. The smallest absolute Gasteiger partial charge is 0.317 e. The van der Waals surface area contributed by atoms with Crippen molar-refractivity contribution in [1.29, 1.82) is 0 Å². The van der Waals surface area contributed by atoms with Gasteiger partial charge in [-0.2, -0.15) is 0 Å². The van der Waals surface area contributed by atoms with Crippen molar-refractivity contribution in [3.63, 3.8) is 0 Å². The molecule has 5 heteroatoms. The molecule has 0 aromatic heterocycles. The van der Waals surface area contributed by atoms with Gasteiger partial charge in [0.15, 0.2) is 0 Å². The first-order chi connectivity index (χ1) is 12.2. The molecule has 0 unspecified atom stereocenters. The number of nitrogens with one attached hydrogen (secondary N) is 1. The Morgan fingerprint density at radius 3 is 2.56 bits per heavy atom. The first-order valence-corrected chi connectivity index (χ1v) is 9.70. The topological polar surface area (TPSA) is 55.8 Å². The molecule has 2 aliphatic heterocycles. The summed E-state index contributed by atoms with van der Waals surface area (Å²) in [6.45, 7) is 4.32. The van der Waals surface area contributed by atoms with E-state index in [9.17, 15) is 9.90 Å². The average molecular weight is 343 g/mol. The summed E-state index contributed by atoms with van der Waals surface area (Å²) in [7, 11) is 0. The SMILES string of the molecule is O=C(NCc1ccccc1CN1CCC(O)CC1)N1C[C@@H]2CC[C@@H]1C2. The molecule has 3 fully saturated rings. The maximum Gasteiger partial charge on any atom is 0.317 e. The van der Waals surface area contributed by atoms with E-state index in [0.717, 1.165) is 44.9 Å². The van der Waals surface area contributed by atoms with Crippen molar-refractivity contribution in [3.8, 4) is 0 Å². The first kappa shape index (κ1) is 16.9. The van der Waals surface area contributed by atoms with Crippen molar-refractivity contribution in [2.75, 3.05) is 19.6 Å². The Kier molecular flexibility index (Phi) is 4.95. The monoisotopic (exact) mass is 343 g/mol. The van der Waals surface area contributed by atoms with Crippen LogP contribution in [0.25, 0.3) is 0 Å². The van der Waals surface area contributed by atoms with E-state index in [1.807, 2.05) is 11.0 Å². The maximum absolute atomic E-state index is 12.5. The van der Waals surface area contributed by atoms with Crippen LogP contribution in [0.15, 0.2) is 24.3 Å². The molecule has 1 saturated carbocycles. The van der Waals surface area contributed by atoms with Crippen LogP contribution in [-0.2, 0) is 13.1 Å². The van der Waals surface area contributed by atoms with Gasteiger partial charge in [-0.25, -0.2) is 4.79 Å². The molecule has 0 spiro atoms. The van der Waals surface area contributed by atoms with Crippen molar-refractivity contribution in [2.45, 2.75) is 57.3 Å². The van der Waals surface area contributed by atoms with Gasteiger partial charge < -0.3 is 15.3 Å². The minimum atomic E-state index is -0.137. The van der Waals surface area contributed by atoms with Crippen molar-refractivity contribution in [3.05, 3.63) is 35.4 Å². The molecule has 1 aromatic carbocycles. The summed E-state index contributed by atoms with van der Waals surface area (Å²) in [4.78, 5) is 17.0. The molecular formula is C20H29N3O2. The van der Waals surface area contributed by atoms with Crippen molar-refractivity contribution in [1.82, 2.24) is 15.1 Å². The minimum Gasteiger partial charge on any atom is -0.393 e. The summed E-state index contributed by atoms with van der Waals surface area (Å²) in [6, 6.07) is 8.96. The van der Waals surface area contributed by atoms with Crippen LogP contribution < -0.4 is 5.32 Å². The molecule has 2 saturated heterocycles. The van der Waals surface area contributed by atoms with E-state index < -0.39 is 0 Å². The molecule has 3 aliphatic rings. The third kappa shape index (κ3) is 3.82. The number of carbonyl (C=O) groups excluding carboxylic acids is 1. The Balaban J connectivity index is 1.33. The number of carbonyl (C=O) groups is 1. The number of amides is 2. The Labute approximate surface area is 150 Å². The third-order valence-electron chi connectivity index (χ3n) is 6.17. The van der Waals surface area contributed by atoms with Gasteiger partial charge in [0, 0.05) is 38.8 Å². The van der Waals surface area contributed by atoms with Gasteiger partial charge in [0.25, 0.3) is 0 Å². The standard InChI is InChI=1S/C20H29N3O2/c24-19-7-9-22(10-8-19)14-17-4-2-1-3-16(17)12-21-20(25)23-13-15-5-6-18(23)11-15/h1-4,15,18-19,24H,5-14H2,(H,21,25)/t15-,18-/m1/s1. The maximum atomic E-state index is 12.5. The second-order valence-corrected chi connectivity index (χ2v) is 7.92. The van der Waals surface area contributed by atoms with Gasteiger partial charge in [0.2, 0.25) is 0 Å². The molecule has 4 rings (SSSR count). The Morgan fingerprint density at radius 2 is 1.88 bits per heavy atom. The molecule has 1 aromatic rings. The van der Waals surface area contributed by atoms with Gasteiger partial charge in [-0.15, -0.1) is 0 Å². The molecule has 2 amide bonds. The molecule has 1 aliphatic carbocycles. The Morgan fingerprint density at radius 1 is 1.12 bits per heavy atom. The number of nitrogens with zero attached hydrogens (tertiary/aromatic N) is 2. The van der Waals surface area contributed by atoms with Crippen LogP contribution in [0.3, 0.4) is 0 Å². The lowest BCUT2D eigenvalue weighted by atomic mass is 10.0. The molecule has 2 atom stereocenters. The molecule has 5 nitrogen and oxygen atoms in total. The number of aliphatic hydroxyl groups excluding tert-OH is 1. The molecule has 0 radical (unpaired) electrons. The van der Waals surface area contributed by atoms with E-state index in [1.54, 1.807) is 0 Å². The number of hydrogen-bond donors (Lipinski definition) is 2. The molecule has 2 heterocycles. The highest BCUT2D eigenvalue weighted by Crippen LogP contribution is 2.37. The van der Waals surface area contributed by atoms with Crippen LogP contribution in [0.2, 0.25) is 0 Å². The molecule has 136 valence electrons. The highest BCUT2D eigenvalue weighted by molar-refractivity contribution is 5.75. The fourth-order valence-corrected chi connectivity index (χ4v) is 4.65. The summed E-state index contributed by atoms with van der Waals surface area (Å²) < 4.78 is 0. The van der Waals surface area contributed by atoms with Crippen LogP contribution in [0, 0.1) is 5.92 Å². The fraction of sp³-hybridized carbons (Fsp3) is 0.650. The number of rotatable bonds is 4. The highest BCUT2D eigenvalue weighted by Gasteiger charge is 2.40. The van der Waals surface area contributed by atoms with Crippen molar-refractivity contribution >= 4 is 6.03 Å². The van der Waals surface area contributed by atoms with Gasteiger partial charge in [0.1, 0.15) is 0 Å². The number of piperidine rings is 2. The zero-order chi connectivity index (χ0) is 17.2. The summed E-state index contributed by atoms with van der Waals surface area (Å²) in [5, 5.41) is 12.8. The number of hydrogen-bond acceptors (Lipinski definition) is 3. The Hall–Kier alpha value is -1.59. The van der Waals surface area contributed by atoms with E-state index in [-0.39, 0.29) is 12.1 Å². The van der Waals surface area contributed by atoms with E-state index in [0.29, 0.717) is 12.6 Å². The number of fused-ring (bicyclic) bond motifs is 2. The van der Waals surface area contributed by atoms with Crippen LogP contribution in [-0.4, -0.2) is 52.7 Å². The number of benzene rings is 1. The largest absolute Gasteiger partial charge is 0.393 e. The number of aliphatic hydroxyl groups is 1. The van der Waals surface area contributed by atoms with Gasteiger partial charge in [-0.3, -0.25) is 4.90 Å². The van der Waals surface area contributed by atoms with Crippen LogP contribution in [0.1, 0.15) is 43.2 Å². The van der Waals surface area contributed by atoms with Crippen molar-refractivity contribution < 1.29 is 9.90 Å². The minimum absolute atomic E-state index is 0.100. The fourth-order valence-electron chi connectivity index (χ4n) is 4.65. The third-order valence-corrected chi connectivity index (χ3v) is 6.17. The van der Waals surface area contributed by atoms with Gasteiger partial charge in [-0.1, -0.05) is 24.3 Å². The van der Waals surface area contributed by atoms with E-state index in [2.05, 4.69) is 28.4 Å². The zero-order valence-electron chi connectivity index (χ0n) is 14.9. The lowest BCUT2D eigenvalue weighted by Crippen LogP contribution is -2.44. The predicted molar refractivity (Wildman–Crippen MR) is 97.0 cm³/mol. The van der Waals surface area contributed by atoms with Gasteiger partial charge in [-0.05, 0) is 49.1 Å². The second-order valence-electron chi connectivity index (χ2n) is 7.92. The zero-order valence-corrected chi connectivity index (χ0v) is 14.9. The van der Waals surface area contributed by atoms with Crippen LogP contribution in [0.4, 0.5) is 4.79 Å². The lowest BCUT2D eigenvalue weighted by Gasteiger charge is -2.30. The normalized spacial score (nSPS) is 27.0. The lowest BCUT2D eigenvalue weighted by molar-refractivity contribution is 0.0791. The van der Waals surface area contributed by atoms with E-state index in [1.165, 1.54) is 30.4 Å². The van der Waals surface area contributed by atoms with E-state index in [4.69, 9.17) is 0 Å². The summed E-state index contributed by atoms with van der Waals surface area (Å²) in [5.74, 6) is 0.734. The summed E-state index contributed by atoms with van der Waals surface area (Å²) >= 11 is 0. The first-order valence-electron chi connectivity index (χ1n) is 9.70. The second kappa shape index (κ2) is 7.34. The highest BCUT2D eigenvalue weighted by atomic mass is 16.3. The number of urea groups is 1. The molecular weight excluding hydrogens is 314 g/mol. The van der Waals surface area contributed by atoms with Crippen LogP contribution >= 0.6 is 0 Å². The summed E-state index contributed by atoms with van der Waals surface area (Å²) in [5.41, 5.74) is 2.48. The van der Waals surface area contributed by atoms with Gasteiger partial charge in [0.05, 0.1) is 6.10 Å². The Bertz CT molecular complexity index is 613. The summed E-state index contributed by atoms with van der Waals surface area (Å²) in [6.07, 6.45) is 5.25. The molecule has 2 bridgehead atoms. The quantitative estimate of drug-likeness (QED) is 0.882. The average Bonchev–Trinajstić information content (AvgIpc) is 3.26.